The van der Waals surface area contributed by atoms with E-state index in [4.69, 9.17) is 10.5 Å². The zero-order valence-electron chi connectivity index (χ0n) is 9.09. The van der Waals surface area contributed by atoms with E-state index in [9.17, 15) is 0 Å². The van der Waals surface area contributed by atoms with E-state index in [2.05, 4.69) is 4.98 Å². The summed E-state index contributed by atoms with van der Waals surface area (Å²) in [6, 6.07) is 7.68. The summed E-state index contributed by atoms with van der Waals surface area (Å²) in [5.74, 6) is 0.854. The summed E-state index contributed by atoms with van der Waals surface area (Å²) in [6.07, 6.45) is 1.77. The molecule has 1 aromatic carbocycles. The molecule has 16 heavy (non-hydrogen) atoms. The minimum Gasteiger partial charge on any atom is -0.494 e. The van der Waals surface area contributed by atoms with Crippen LogP contribution in [0.2, 0.25) is 0 Å². The van der Waals surface area contributed by atoms with Crippen LogP contribution in [0.5, 0.6) is 5.75 Å². The molecule has 1 atom stereocenters. The fourth-order valence-corrected chi connectivity index (χ4v) is 2.16. The van der Waals surface area contributed by atoms with Crippen molar-refractivity contribution in [3.8, 4) is 5.75 Å². The van der Waals surface area contributed by atoms with Crippen molar-refractivity contribution < 1.29 is 4.74 Å². The van der Waals surface area contributed by atoms with Gasteiger partial charge >= 0.3 is 0 Å². The summed E-state index contributed by atoms with van der Waals surface area (Å²) in [5.41, 5.74) is 7.15. The molecule has 2 rings (SSSR count). The van der Waals surface area contributed by atoms with Gasteiger partial charge in [-0.15, -0.1) is 11.3 Å². The number of rotatable bonds is 4. The highest BCUT2D eigenvalue weighted by atomic mass is 32.1. The molecule has 2 N–H and O–H groups in total. The summed E-state index contributed by atoms with van der Waals surface area (Å²) in [4.78, 5) is 4.22. The van der Waals surface area contributed by atoms with Crippen LogP contribution in [0.4, 0.5) is 0 Å². The number of aromatic nitrogens is 1. The van der Waals surface area contributed by atoms with Gasteiger partial charge < -0.3 is 10.5 Å². The summed E-state index contributed by atoms with van der Waals surface area (Å²) in [5, 5.41) is 2.86. The summed E-state index contributed by atoms with van der Waals surface area (Å²) in [7, 11) is 0. The third-order valence-corrected chi connectivity index (χ3v) is 3.10. The Labute approximate surface area is 98.9 Å². The third kappa shape index (κ3) is 2.40. The summed E-state index contributed by atoms with van der Waals surface area (Å²) >= 11 is 1.57. The minimum atomic E-state index is -0.166. The molecule has 0 aliphatic rings. The second-order valence-corrected chi connectivity index (χ2v) is 4.28. The van der Waals surface area contributed by atoms with Crippen molar-refractivity contribution in [2.75, 3.05) is 6.61 Å². The van der Waals surface area contributed by atoms with Gasteiger partial charge in [-0.25, -0.2) is 4.98 Å². The van der Waals surface area contributed by atoms with E-state index in [1.807, 2.05) is 36.6 Å². The normalized spacial score (nSPS) is 12.4. The molecule has 1 aromatic heterocycles. The molecular formula is C12H14N2OS. The largest absolute Gasteiger partial charge is 0.494 e. The molecule has 0 radical (unpaired) electrons. The van der Waals surface area contributed by atoms with E-state index >= 15 is 0 Å². The second-order valence-electron chi connectivity index (χ2n) is 3.35. The fourth-order valence-electron chi connectivity index (χ4n) is 1.50. The number of nitrogens with zero attached hydrogens (tertiary/aromatic N) is 1. The lowest BCUT2D eigenvalue weighted by Crippen LogP contribution is -2.11. The van der Waals surface area contributed by atoms with Crippen LogP contribution in [-0.4, -0.2) is 11.6 Å². The molecule has 0 spiro atoms. The molecule has 0 saturated heterocycles. The molecule has 0 fully saturated rings. The molecule has 0 aliphatic heterocycles. The molecule has 4 heteroatoms. The molecule has 2 aromatic rings. The lowest BCUT2D eigenvalue weighted by atomic mass is 10.1. The Balaban J connectivity index is 2.23. The first-order valence-electron chi connectivity index (χ1n) is 5.19. The van der Waals surface area contributed by atoms with Gasteiger partial charge in [0.25, 0.3) is 0 Å². The maximum Gasteiger partial charge on any atom is 0.119 e. The number of thiazole rings is 1. The predicted octanol–water partition coefficient (Wildman–Crippen LogP) is 2.59. The van der Waals surface area contributed by atoms with Crippen molar-refractivity contribution >= 4 is 11.3 Å². The van der Waals surface area contributed by atoms with Gasteiger partial charge in [-0.2, -0.15) is 0 Å². The molecular weight excluding hydrogens is 220 g/mol. The SMILES string of the molecule is CCOc1cccc(C(N)c2nccs2)c1. The summed E-state index contributed by atoms with van der Waals surface area (Å²) in [6.45, 7) is 2.63. The van der Waals surface area contributed by atoms with Gasteiger partial charge in [0.2, 0.25) is 0 Å². The Morgan fingerprint density at radius 2 is 2.38 bits per heavy atom. The number of benzene rings is 1. The van der Waals surface area contributed by atoms with Gasteiger partial charge in [-0.05, 0) is 24.6 Å². The average molecular weight is 234 g/mol. The Morgan fingerprint density at radius 1 is 1.50 bits per heavy atom. The van der Waals surface area contributed by atoms with Gasteiger partial charge in [-0.3, -0.25) is 0 Å². The van der Waals surface area contributed by atoms with E-state index in [1.165, 1.54) is 0 Å². The van der Waals surface area contributed by atoms with Crippen LogP contribution in [0.25, 0.3) is 0 Å². The van der Waals surface area contributed by atoms with E-state index in [-0.39, 0.29) is 6.04 Å². The molecule has 0 bridgehead atoms. The quantitative estimate of drug-likeness (QED) is 0.884. The second kappa shape index (κ2) is 5.09. The number of nitrogens with two attached hydrogens (primary N) is 1. The highest BCUT2D eigenvalue weighted by Crippen LogP contribution is 2.24. The smallest absolute Gasteiger partial charge is 0.119 e. The standard InChI is InChI=1S/C12H14N2OS/c1-2-15-10-5-3-4-9(8-10)11(13)12-14-6-7-16-12/h3-8,11H,2,13H2,1H3. The molecule has 3 nitrogen and oxygen atoms in total. The van der Waals surface area contributed by atoms with Crippen LogP contribution < -0.4 is 10.5 Å². The number of ether oxygens (including phenoxy) is 1. The van der Waals surface area contributed by atoms with Crippen LogP contribution in [0, 0.1) is 0 Å². The first kappa shape index (κ1) is 11.1. The van der Waals surface area contributed by atoms with Gasteiger partial charge in [0.05, 0.1) is 12.6 Å². The fraction of sp³-hybridized carbons (Fsp3) is 0.250. The maximum absolute atomic E-state index is 6.12. The van der Waals surface area contributed by atoms with Crippen LogP contribution in [0.3, 0.4) is 0 Å². The van der Waals surface area contributed by atoms with Gasteiger partial charge in [-0.1, -0.05) is 12.1 Å². The van der Waals surface area contributed by atoms with Crippen molar-refractivity contribution in [3.05, 3.63) is 46.4 Å². The lowest BCUT2D eigenvalue weighted by molar-refractivity contribution is 0.340. The van der Waals surface area contributed by atoms with E-state index < -0.39 is 0 Å². The molecule has 1 unspecified atom stereocenters. The molecule has 0 amide bonds. The highest BCUT2D eigenvalue weighted by molar-refractivity contribution is 7.09. The molecule has 1 heterocycles. The number of hydrogen-bond acceptors (Lipinski definition) is 4. The first-order chi connectivity index (χ1) is 7.81. The van der Waals surface area contributed by atoms with Crippen LogP contribution in [-0.2, 0) is 0 Å². The monoisotopic (exact) mass is 234 g/mol. The topological polar surface area (TPSA) is 48.1 Å². The Bertz CT molecular complexity index is 442. The Kier molecular flexibility index (Phi) is 3.54. The minimum absolute atomic E-state index is 0.166. The maximum atomic E-state index is 6.12. The van der Waals surface area contributed by atoms with Crippen LogP contribution in [0.15, 0.2) is 35.8 Å². The number of hydrogen-bond donors (Lipinski definition) is 1. The zero-order valence-corrected chi connectivity index (χ0v) is 9.91. The van der Waals surface area contributed by atoms with E-state index in [0.29, 0.717) is 6.61 Å². The molecule has 0 saturated carbocycles. The predicted molar refractivity (Wildman–Crippen MR) is 65.8 cm³/mol. The van der Waals surface area contributed by atoms with Crippen LogP contribution >= 0.6 is 11.3 Å². The first-order valence-corrected chi connectivity index (χ1v) is 6.07. The average Bonchev–Trinajstić information content (AvgIpc) is 2.82. The van der Waals surface area contributed by atoms with Gasteiger partial charge in [0, 0.05) is 11.6 Å². The van der Waals surface area contributed by atoms with Gasteiger partial charge in [0.1, 0.15) is 10.8 Å². The van der Waals surface area contributed by atoms with Crippen molar-refractivity contribution in [2.45, 2.75) is 13.0 Å². The van der Waals surface area contributed by atoms with Crippen molar-refractivity contribution in [2.24, 2.45) is 5.73 Å². The van der Waals surface area contributed by atoms with E-state index in [0.717, 1.165) is 16.3 Å². The lowest BCUT2D eigenvalue weighted by Gasteiger charge is -2.10. The van der Waals surface area contributed by atoms with Crippen molar-refractivity contribution in [1.82, 2.24) is 4.98 Å². The molecule has 0 aliphatic carbocycles. The zero-order chi connectivity index (χ0) is 11.4. The van der Waals surface area contributed by atoms with E-state index in [1.54, 1.807) is 17.5 Å². The third-order valence-electron chi connectivity index (χ3n) is 2.25. The van der Waals surface area contributed by atoms with Crippen molar-refractivity contribution in [3.63, 3.8) is 0 Å². The Hall–Kier alpha value is -1.39. The summed E-state index contributed by atoms with van der Waals surface area (Å²) < 4.78 is 5.44. The highest BCUT2D eigenvalue weighted by Gasteiger charge is 2.11. The van der Waals surface area contributed by atoms with Gasteiger partial charge in [0.15, 0.2) is 0 Å². The molecule has 84 valence electrons. The van der Waals surface area contributed by atoms with Crippen molar-refractivity contribution in [1.29, 1.82) is 0 Å². The Morgan fingerprint density at radius 3 is 3.06 bits per heavy atom. The van der Waals surface area contributed by atoms with Crippen LogP contribution in [0.1, 0.15) is 23.5 Å².